The molecule has 1 rings (SSSR count). The molecule has 0 spiro atoms. The number of rotatable bonds is 11. The maximum Gasteiger partial charge on any atom is 0.382 e. The topological polar surface area (TPSA) is 70.7 Å². The van der Waals surface area contributed by atoms with Crippen LogP contribution in [0.5, 0.6) is 11.5 Å². The van der Waals surface area contributed by atoms with E-state index in [1.165, 1.54) is 50.5 Å². The van der Waals surface area contributed by atoms with Crippen molar-refractivity contribution in [3.63, 3.8) is 0 Å². The summed E-state index contributed by atoms with van der Waals surface area (Å²) in [5.74, 6) is 0.290. The Morgan fingerprint density at radius 3 is 2.25 bits per heavy atom. The lowest BCUT2D eigenvalue weighted by molar-refractivity contribution is 0.350. The van der Waals surface area contributed by atoms with Gasteiger partial charge in [0.2, 0.25) is 5.75 Å². The summed E-state index contributed by atoms with van der Waals surface area (Å²) in [6.07, 6.45) is 12.3. The fourth-order valence-electron chi connectivity index (χ4n) is 2.61. The molecule has 0 aromatic carbocycles. The predicted octanol–water partition coefficient (Wildman–Crippen LogP) is 4.90. The first kappa shape index (κ1) is 20.7. The molecular formula is C19H30O4S. The maximum atomic E-state index is 11.4. The molecule has 5 heteroatoms. The molecule has 2 N–H and O–H groups in total. The Kier molecular flexibility index (Phi) is 9.69. The van der Waals surface area contributed by atoms with Crippen LogP contribution in [0.3, 0.4) is 0 Å². The molecule has 1 aromatic heterocycles. The second-order valence-corrected chi connectivity index (χ2v) is 6.79. The van der Waals surface area contributed by atoms with E-state index in [0.29, 0.717) is 17.7 Å². The molecule has 4 nitrogen and oxygen atoms in total. The highest BCUT2D eigenvalue weighted by Crippen LogP contribution is 2.27. The molecule has 0 atom stereocenters. The van der Waals surface area contributed by atoms with Crippen molar-refractivity contribution in [2.75, 3.05) is 5.75 Å². The summed E-state index contributed by atoms with van der Waals surface area (Å²) in [6.45, 7) is 3.70. The third-order valence-electron chi connectivity index (χ3n) is 4.27. The highest BCUT2D eigenvalue weighted by Gasteiger charge is 2.14. The third kappa shape index (κ3) is 7.04. The largest absolute Gasteiger partial charge is 0.504 e. The SMILES string of the molecule is CC(=CCc1oc(=O)c(O)c(O)c1C)CCCCCCCCCS. The molecule has 0 unspecified atom stereocenters. The van der Waals surface area contributed by atoms with E-state index < -0.39 is 11.4 Å². The second-order valence-electron chi connectivity index (χ2n) is 6.34. The van der Waals surface area contributed by atoms with Gasteiger partial charge in [0, 0.05) is 12.0 Å². The molecule has 0 saturated heterocycles. The van der Waals surface area contributed by atoms with Crippen LogP contribution in [0.15, 0.2) is 20.9 Å². The second kappa shape index (κ2) is 11.2. The van der Waals surface area contributed by atoms with Gasteiger partial charge in [-0.25, -0.2) is 4.79 Å². The summed E-state index contributed by atoms with van der Waals surface area (Å²) < 4.78 is 5.04. The first-order chi connectivity index (χ1) is 11.5. The van der Waals surface area contributed by atoms with E-state index in [2.05, 4.69) is 19.6 Å². The molecule has 0 aliphatic carbocycles. The van der Waals surface area contributed by atoms with Gasteiger partial charge < -0.3 is 14.6 Å². The van der Waals surface area contributed by atoms with Crippen LogP contribution in [0.4, 0.5) is 0 Å². The number of hydrogen-bond donors (Lipinski definition) is 3. The fourth-order valence-corrected chi connectivity index (χ4v) is 2.83. The van der Waals surface area contributed by atoms with E-state index in [0.717, 1.165) is 12.2 Å². The van der Waals surface area contributed by atoms with Crippen LogP contribution in [0, 0.1) is 6.92 Å². The zero-order chi connectivity index (χ0) is 17.9. The number of aromatic hydroxyl groups is 2. The summed E-state index contributed by atoms with van der Waals surface area (Å²) in [7, 11) is 0. The zero-order valence-electron chi connectivity index (χ0n) is 14.8. The Hall–Kier alpha value is -1.36. The fraction of sp³-hybridized carbons (Fsp3) is 0.632. The van der Waals surface area contributed by atoms with Crippen LogP contribution < -0.4 is 5.63 Å². The molecule has 0 radical (unpaired) electrons. The van der Waals surface area contributed by atoms with Crippen molar-refractivity contribution in [1.82, 2.24) is 0 Å². The summed E-state index contributed by atoms with van der Waals surface area (Å²) in [6, 6.07) is 0. The molecule has 1 aromatic rings. The summed E-state index contributed by atoms with van der Waals surface area (Å²) >= 11 is 4.21. The van der Waals surface area contributed by atoms with Crippen molar-refractivity contribution in [3.8, 4) is 11.5 Å². The molecule has 0 aliphatic rings. The summed E-state index contributed by atoms with van der Waals surface area (Å²) in [5.41, 5.74) is 0.772. The highest BCUT2D eigenvalue weighted by atomic mass is 32.1. The molecule has 136 valence electrons. The van der Waals surface area contributed by atoms with E-state index in [4.69, 9.17) is 4.42 Å². The van der Waals surface area contributed by atoms with Gasteiger partial charge in [-0.05, 0) is 38.9 Å². The van der Waals surface area contributed by atoms with Gasteiger partial charge in [0.05, 0.1) is 0 Å². The molecule has 0 aliphatic heterocycles. The van der Waals surface area contributed by atoms with Gasteiger partial charge >= 0.3 is 5.63 Å². The molecule has 0 amide bonds. The van der Waals surface area contributed by atoms with Gasteiger partial charge in [0.1, 0.15) is 5.76 Å². The quantitative estimate of drug-likeness (QED) is 0.300. The maximum absolute atomic E-state index is 11.4. The molecular weight excluding hydrogens is 324 g/mol. The Balaban J connectivity index is 2.34. The molecule has 0 saturated carbocycles. The van der Waals surface area contributed by atoms with Gasteiger partial charge in [-0.3, -0.25) is 0 Å². The minimum absolute atomic E-state index is 0.384. The lowest BCUT2D eigenvalue weighted by Crippen LogP contribution is -2.03. The van der Waals surface area contributed by atoms with Crippen molar-refractivity contribution in [2.24, 2.45) is 0 Å². The smallest absolute Gasteiger partial charge is 0.382 e. The lowest BCUT2D eigenvalue weighted by atomic mass is 10.0. The average molecular weight is 355 g/mol. The van der Waals surface area contributed by atoms with Crippen LogP contribution in [0.25, 0.3) is 0 Å². The van der Waals surface area contributed by atoms with Crippen LogP contribution in [-0.4, -0.2) is 16.0 Å². The van der Waals surface area contributed by atoms with E-state index in [1.807, 2.05) is 6.08 Å². The molecule has 24 heavy (non-hydrogen) atoms. The number of allylic oxidation sites excluding steroid dienone is 2. The van der Waals surface area contributed by atoms with Gasteiger partial charge in [0.25, 0.3) is 0 Å². The highest BCUT2D eigenvalue weighted by molar-refractivity contribution is 7.80. The van der Waals surface area contributed by atoms with Crippen molar-refractivity contribution >= 4 is 12.6 Å². The minimum atomic E-state index is -0.892. The van der Waals surface area contributed by atoms with Gasteiger partial charge in [-0.1, -0.05) is 43.8 Å². The minimum Gasteiger partial charge on any atom is -0.504 e. The number of hydrogen-bond acceptors (Lipinski definition) is 5. The predicted molar refractivity (Wildman–Crippen MR) is 101 cm³/mol. The van der Waals surface area contributed by atoms with E-state index in [-0.39, 0.29) is 5.75 Å². The van der Waals surface area contributed by atoms with Crippen LogP contribution in [0.1, 0.15) is 69.6 Å². The first-order valence-corrected chi connectivity index (χ1v) is 9.41. The van der Waals surface area contributed by atoms with Crippen molar-refractivity contribution in [1.29, 1.82) is 0 Å². The zero-order valence-corrected chi connectivity index (χ0v) is 15.7. The van der Waals surface area contributed by atoms with Crippen molar-refractivity contribution < 1.29 is 14.6 Å². The Morgan fingerprint density at radius 1 is 1.04 bits per heavy atom. The third-order valence-corrected chi connectivity index (χ3v) is 4.59. The van der Waals surface area contributed by atoms with Crippen LogP contribution >= 0.6 is 12.6 Å². The van der Waals surface area contributed by atoms with Gasteiger partial charge in [0.15, 0.2) is 5.75 Å². The molecule has 0 fully saturated rings. The molecule has 0 bridgehead atoms. The van der Waals surface area contributed by atoms with E-state index in [1.54, 1.807) is 6.92 Å². The lowest BCUT2D eigenvalue weighted by Gasteiger charge is -2.06. The summed E-state index contributed by atoms with van der Waals surface area (Å²) in [5, 5.41) is 19.0. The standard InChI is InChI=1S/C19H30O4S/c1-14(10-8-6-4-3-5-7-9-13-24)11-12-16-15(2)17(20)18(21)19(22)23-16/h11,20-21,24H,3-10,12-13H2,1-2H3. The number of thiol groups is 1. The Bertz CT molecular complexity index is 590. The Labute approximate surface area is 150 Å². The average Bonchev–Trinajstić information content (AvgIpc) is 2.57. The molecule has 1 heterocycles. The van der Waals surface area contributed by atoms with E-state index in [9.17, 15) is 15.0 Å². The summed E-state index contributed by atoms with van der Waals surface area (Å²) in [4.78, 5) is 11.4. The van der Waals surface area contributed by atoms with Gasteiger partial charge in [-0.15, -0.1) is 0 Å². The normalized spacial score (nSPS) is 11.9. The monoisotopic (exact) mass is 354 g/mol. The van der Waals surface area contributed by atoms with Gasteiger partial charge in [-0.2, -0.15) is 12.6 Å². The van der Waals surface area contributed by atoms with E-state index >= 15 is 0 Å². The van der Waals surface area contributed by atoms with Crippen molar-refractivity contribution in [3.05, 3.63) is 33.4 Å². The van der Waals surface area contributed by atoms with Crippen LogP contribution in [-0.2, 0) is 6.42 Å². The number of unbranched alkanes of at least 4 members (excludes halogenated alkanes) is 6. The van der Waals surface area contributed by atoms with Crippen molar-refractivity contribution in [2.45, 2.75) is 71.6 Å². The first-order valence-electron chi connectivity index (χ1n) is 8.78. The van der Waals surface area contributed by atoms with Crippen LogP contribution in [0.2, 0.25) is 0 Å². The Morgan fingerprint density at radius 2 is 1.62 bits per heavy atom.